The summed E-state index contributed by atoms with van der Waals surface area (Å²) in [4.78, 5) is 34.2. The number of hydrogen-bond donors (Lipinski definition) is 2. The Labute approximate surface area is 445 Å². The molecule has 73 heavy (non-hydrogen) atoms. The van der Waals surface area contributed by atoms with E-state index in [4.69, 9.17) is 57.6 Å². The van der Waals surface area contributed by atoms with Crippen LogP contribution in [0.5, 0.6) is 0 Å². The molecule has 9 rings (SSSR count). The van der Waals surface area contributed by atoms with Crippen molar-refractivity contribution in [2.24, 2.45) is 17.8 Å². The summed E-state index contributed by atoms with van der Waals surface area (Å²) in [6, 6.07) is 0. The topological polar surface area (TPSA) is 234 Å². The number of aliphatic carboxylic acids is 2. The number of methoxy groups -OCH3 is 3. The van der Waals surface area contributed by atoms with Crippen LogP contribution in [0.3, 0.4) is 0 Å². The molecule has 6 aliphatic heterocycles. The number of carbonyl (C=O) groups excluding carboxylic acids is 1. The fraction of sp³-hybridized carbons (Fsp3) is 0.732. The van der Waals surface area contributed by atoms with Crippen LogP contribution < -0.4 is 18.9 Å². The maximum absolute atomic E-state index is 11.9. The standard InChI is InChI=1S/C20H30O5.2C18H26O5.Li.H2O/c1-6-23-16(21)11-14-9-10-20(12-24-20)18(17(14)22-5)19(4)15(25-19)8-7-13(2)3;2*1-11(2)5-6-13-17(3,23-13)16-15(21-4)12(9-14(19)20)7-8-18(16)10-22-18;;/h7,11,15,17-18H,6,8-10,12H2,1-5H3;2*5,9,13,15-16H,6-8,10H2,1-4H3,(H,19,20);;1H2/q;;;+1;/p-1/t15-,17-,18-,19+,20+;2*13-,15-,16-,17+,18+;;/m111../s1. The third-order valence-corrected chi connectivity index (χ3v) is 16.7. The molecule has 16 nitrogen and oxygen atoms in total. The molecule has 3 spiro atoms. The van der Waals surface area contributed by atoms with Crippen molar-refractivity contribution in [2.45, 2.75) is 197 Å². The molecule has 0 amide bonds. The number of ether oxygens (including phenoxy) is 10. The maximum Gasteiger partial charge on any atom is 1.00 e. The number of rotatable bonds is 16. The van der Waals surface area contributed by atoms with Crippen LogP contribution in [-0.2, 0) is 61.8 Å². The second-order valence-electron chi connectivity index (χ2n) is 22.5. The monoisotopic (exact) mass is 1020 g/mol. The molecule has 404 valence electrons. The molecule has 3 aliphatic carbocycles. The van der Waals surface area contributed by atoms with Crippen molar-refractivity contribution in [1.29, 1.82) is 0 Å². The van der Waals surface area contributed by atoms with E-state index in [9.17, 15) is 14.4 Å². The average molecular weight is 1020 g/mol. The van der Waals surface area contributed by atoms with Gasteiger partial charge in [0.2, 0.25) is 0 Å². The van der Waals surface area contributed by atoms with Gasteiger partial charge in [0.25, 0.3) is 0 Å². The van der Waals surface area contributed by atoms with Crippen LogP contribution >= 0.6 is 0 Å². The summed E-state index contributed by atoms with van der Waals surface area (Å²) in [5.74, 6) is -1.97. The van der Waals surface area contributed by atoms with Gasteiger partial charge in [-0.2, -0.15) is 0 Å². The number of carbonyl (C=O) groups is 3. The zero-order valence-corrected chi connectivity index (χ0v) is 46.0. The molecular weight excluding hydrogens is 936 g/mol. The number of epoxide rings is 6. The molecule has 9 aliphatic rings. The summed E-state index contributed by atoms with van der Waals surface area (Å²) in [5, 5.41) is 18.2. The second-order valence-corrected chi connectivity index (χ2v) is 22.5. The first-order chi connectivity index (χ1) is 33.5. The molecule has 3 N–H and O–H groups in total. The average Bonchev–Trinajstić information content (AvgIpc) is 4.03. The van der Waals surface area contributed by atoms with Gasteiger partial charge in [-0.3, -0.25) is 0 Å². The zero-order chi connectivity index (χ0) is 51.9. The summed E-state index contributed by atoms with van der Waals surface area (Å²) in [6.45, 7) is 23.3. The number of carboxylic acid groups (broad SMARTS) is 2. The normalized spacial score (nSPS) is 41.4. The molecule has 3 saturated carbocycles. The van der Waals surface area contributed by atoms with Crippen molar-refractivity contribution >= 4 is 17.9 Å². The first kappa shape index (κ1) is 60.9. The van der Waals surface area contributed by atoms with Gasteiger partial charge in [0, 0.05) is 39.6 Å². The largest absolute Gasteiger partial charge is 1.00 e. The fourth-order valence-corrected chi connectivity index (χ4v) is 12.6. The van der Waals surface area contributed by atoms with Gasteiger partial charge in [0.05, 0.1) is 80.8 Å². The Morgan fingerprint density at radius 2 is 0.822 bits per heavy atom. The van der Waals surface area contributed by atoms with Gasteiger partial charge in [-0.25, -0.2) is 14.4 Å². The van der Waals surface area contributed by atoms with E-state index in [2.05, 4.69) is 80.5 Å². The van der Waals surface area contributed by atoms with E-state index in [1.165, 1.54) is 28.9 Å². The smallest absolute Gasteiger partial charge is 0.870 e. The van der Waals surface area contributed by atoms with Gasteiger partial charge in [-0.05, 0) is 144 Å². The Kier molecular flexibility index (Phi) is 19.8. The predicted octanol–water partition coefficient (Wildman–Crippen LogP) is 5.42. The molecule has 17 heteroatoms. The minimum atomic E-state index is -0.920. The molecule has 0 aromatic rings. The second kappa shape index (κ2) is 23.7. The van der Waals surface area contributed by atoms with Crippen LogP contribution in [-0.4, -0.2) is 152 Å². The molecular formula is C56H83LiO16. The molecule has 6 saturated heterocycles. The van der Waals surface area contributed by atoms with Gasteiger partial charge >= 0.3 is 36.8 Å². The molecule has 9 fully saturated rings. The van der Waals surface area contributed by atoms with Crippen LogP contribution in [0.15, 0.2) is 69.9 Å². The van der Waals surface area contributed by atoms with Gasteiger partial charge in [-0.15, -0.1) is 0 Å². The minimum Gasteiger partial charge on any atom is -0.870 e. The van der Waals surface area contributed by atoms with Crippen molar-refractivity contribution in [1.82, 2.24) is 0 Å². The van der Waals surface area contributed by atoms with Gasteiger partial charge in [0.1, 0.15) is 33.6 Å². The number of allylic oxidation sites excluding steroid dienone is 3. The summed E-state index contributed by atoms with van der Waals surface area (Å²) in [6.07, 6.45) is 18.0. The number of hydrogen-bond acceptors (Lipinski definition) is 14. The van der Waals surface area contributed by atoms with Gasteiger partial charge in [-0.1, -0.05) is 34.9 Å². The summed E-state index contributed by atoms with van der Waals surface area (Å²) in [7, 11) is 4.99. The van der Waals surface area contributed by atoms with Crippen molar-refractivity contribution in [3.05, 3.63) is 69.9 Å². The summed E-state index contributed by atoms with van der Waals surface area (Å²) < 4.78 is 58.3. The molecule has 0 unspecified atom stereocenters. The van der Waals surface area contributed by atoms with Crippen LogP contribution in [0.4, 0.5) is 0 Å². The van der Waals surface area contributed by atoms with E-state index in [1.54, 1.807) is 27.4 Å². The summed E-state index contributed by atoms with van der Waals surface area (Å²) >= 11 is 0. The van der Waals surface area contributed by atoms with Crippen molar-refractivity contribution in [3.8, 4) is 0 Å². The Bertz CT molecular complexity index is 2090. The first-order valence-electron chi connectivity index (χ1n) is 25.7. The van der Waals surface area contributed by atoms with E-state index in [1.807, 2.05) is 6.92 Å². The third-order valence-electron chi connectivity index (χ3n) is 16.7. The van der Waals surface area contributed by atoms with Gasteiger partial charge < -0.3 is 63.1 Å². The van der Waals surface area contributed by atoms with Crippen molar-refractivity contribution in [3.63, 3.8) is 0 Å². The van der Waals surface area contributed by atoms with E-state index in [0.29, 0.717) is 32.7 Å². The Balaban J connectivity index is 0.000000201. The number of esters is 1. The quantitative estimate of drug-likeness (QED) is 0.0646. The van der Waals surface area contributed by atoms with Crippen LogP contribution in [0, 0.1) is 17.8 Å². The third kappa shape index (κ3) is 13.3. The summed E-state index contributed by atoms with van der Waals surface area (Å²) in [5.41, 5.74) is 5.02. The number of carboxylic acids is 2. The van der Waals surface area contributed by atoms with E-state index < -0.39 is 11.9 Å². The molecule has 0 radical (unpaired) electrons. The van der Waals surface area contributed by atoms with Crippen LogP contribution in [0.25, 0.3) is 0 Å². The van der Waals surface area contributed by atoms with Crippen molar-refractivity contribution < 1.29 is 96.3 Å². The van der Waals surface area contributed by atoms with Crippen molar-refractivity contribution in [2.75, 3.05) is 47.8 Å². The van der Waals surface area contributed by atoms with E-state index >= 15 is 0 Å². The molecule has 6 heterocycles. The molecule has 0 bridgehead atoms. The van der Waals surface area contributed by atoms with Crippen LogP contribution in [0.2, 0.25) is 0 Å². The minimum absolute atomic E-state index is 0. The van der Waals surface area contributed by atoms with Gasteiger partial charge in [0.15, 0.2) is 0 Å². The molecule has 0 aromatic carbocycles. The van der Waals surface area contributed by atoms with E-state index in [0.717, 1.165) is 68.3 Å². The molecule has 15 atom stereocenters. The van der Waals surface area contributed by atoms with Crippen LogP contribution in [0.1, 0.15) is 127 Å². The Hall–Kier alpha value is -2.95. The molecule has 0 aromatic heterocycles. The SMILES string of the molecule is CCOC(=O)C=C1CC[C@]2(CO2)[C@@H]([C@@]2(C)O[C@@H]2CC=C(C)C)[C@@H]1OC.CO[C@@H]1C(=CC(=O)O)CC[C@]2(CO2)[C@H]1[C@@]1(C)O[C@@H]1CC=C(C)C.CO[C@@H]1C(=CC(=O)O)CC[C@]2(CO2)[C@H]1[C@@]1(C)O[C@@H]1CC=C(C)C.[Li+].[OH-]. The first-order valence-corrected chi connectivity index (χ1v) is 25.7. The fourth-order valence-electron chi connectivity index (χ4n) is 12.6. The Morgan fingerprint density at radius 3 is 1.04 bits per heavy atom. The predicted molar refractivity (Wildman–Crippen MR) is 267 cm³/mol. The van der Waals surface area contributed by atoms with E-state index in [-0.39, 0.29) is 118 Å². The Morgan fingerprint density at radius 1 is 0.548 bits per heavy atom. The maximum atomic E-state index is 11.9. The zero-order valence-electron chi connectivity index (χ0n) is 46.0.